The number of aliphatic hydroxyl groups is 1. The van der Waals surface area contributed by atoms with E-state index in [-0.39, 0.29) is 0 Å². The van der Waals surface area contributed by atoms with E-state index in [9.17, 15) is 5.11 Å². The van der Waals surface area contributed by atoms with Gasteiger partial charge in [0.2, 0.25) is 0 Å². The zero-order chi connectivity index (χ0) is 11.9. The normalized spacial score (nSPS) is 24.8. The fourth-order valence-electron chi connectivity index (χ4n) is 2.62. The quantitative estimate of drug-likeness (QED) is 0.809. The Kier molecular flexibility index (Phi) is 4.88. The number of aromatic nitrogens is 2. The minimum atomic E-state index is 0.334. The summed E-state index contributed by atoms with van der Waals surface area (Å²) in [4.78, 5) is 7.98. The summed E-state index contributed by atoms with van der Waals surface area (Å²) in [6.07, 6.45) is 10.2. The number of hydrogen-bond acceptors (Lipinski definition) is 4. The van der Waals surface area contributed by atoms with Crippen LogP contribution in [0, 0.1) is 11.8 Å². The Morgan fingerprint density at radius 1 is 1.18 bits per heavy atom. The maximum absolute atomic E-state index is 9.33. The summed E-state index contributed by atoms with van der Waals surface area (Å²) in [5.41, 5.74) is 1.11. The molecule has 0 amide bonds. The molecule has 1 aliphatic rings. The molecule has 0 aromatic carbocycles. The fraction of sp³-hybridized carbons (Fsp3) is 0.692. The standard InChI is InChI=1S/C13H21N3O/c17-9-13-4-2-1-3-12(13)8-14-5-11-6-15-10-16-7-11/h6-7,10,12-14,17H,1-5,8-9H2. The lowest BCUT2D eigenvalue weighted by atomic mass is 9.79. The lowest BCUT2D eigenvalue weighted by molar-refractivity contribution is 0.133. The molecular weight excluding hydrogens is 214 g/mol. The molecule has 1 aliphatic carbocycles. The van der Waals surface area contributed by atoms with E-state index in [0.717, 1.165) is 18.7 Å². The fourth-order valence-corrected chi connectivity index (χ4v) is 2.62. The zero-order valence-electron chi connectivity index (χ0n) is 10.2. The molecule has 2 rings (SSSR count). The smallest absolute Gasteiger partial charge is 0.115 e. The van der Waals surface area contributed by atoms with Gasteiger partial charge in [-0.05, 0) is 31.2 Å². The molecule has 94 valence electrons. The third-order valence-electron chi connectivity index (χ3n) is 3.65. The van der Waals surface area contributed by atoms with Crippen LogP contribution in [-0.4, -0.2) is 28.2 Å². The largest absolute Gasteiger partial charge is 0.396 e. The predicted molar refractivity (Wildman–Crippen MR) is 66.3 cm³/mol. The summed E-state index contributed by atoms with van der Waals surface area (Å²) in [5.74, 6) is 1.11. The van der Waals surface area contributed by atoms with Crippen molar-refractivity contribution in [3.05, 3.63) is 24.3 Å². The first-order valence-electron chi connectivity index (χ1n) is 6.45. The van der Waals surface area contributed by atoms with E-state index < -0.39 is 0 Å². The van der Waals surface area contributed by atoms with E-state index in [0.29, 0.717) is 18.4 Å². The third kappa shape index (κ3) is 3.75. The van der Waals surface area contributed by atoms with Crippen LogP contribution in [0.1, 0.15) is 31.2 Å². The molecule has 2 unspecified atom stereocenters. The van der Waals surface area contributed by atoms with Crippen molar-refractivity contribution in [3.8, 4) is 0 Å². The molecule has 1 saturated carbocycles. The van der Waals surface area contributed by atoms with Crippen LogP contribution < -0.4 is 5.32 Å². The Hall–Kier alpha value is -1.00. The summed E-state index contributed by atoms with van der Waals surface area (Å²) in [6.45, 7) is 2.14. The van der Waals surface area contributed by atoms with E-state index >= 15 is 0 Å². The number of nitrogens with one attached hydrogen (secondary N) is 1. The van der Waals surface area contributed by atoms with Crippen molar-refractivity contribution in [1.29, 1.82) is 0 Å². The lowest BCUT2D eigenvalue weighted by Crippen LogP contribution is -2.32. The van der Waals surface area contributed by atoms with Gasteiger partial charge in [0.25, 0.3) is 0 Å². The molecule has 1 heterocycles. The summed E-state index contributed by atoms with van der Waals surface area (Å²) in [7, 11) is 0. The van der Waals surface area contributed by atoms with Gasteiger partial charge in [-0.3, -0.25) is 0 Å². The van der Waals surface area contributed by atoms with Crippen molar-refractivity contribution in [2.24, 2.45) is 11.8 Å². The average molecular weight is 235 g/mol. The lowest BCUT2D eigenvalue weighted by Gasteiger charge is -2.30. The second kappa shape index (κ2) is 6.67. The number of nitrogens with zero attached hydrogens (tertiary/aromatic N) is 2. The number of aliphatic hydroxyl groups excluding tert-OH is 1. The van der Waals surface area contributed by atoms with Gasteiger partial charge in [-0.1, -0.05) is 12.8 Å². The highest BCUT2D eigenvalue weighted by Crippen LogP contribution is 2.29. The molecule has 2 atom stereocenters. The van der Waals surface area contributed by atoms with Gasteiger partial charge >= 0.3 is 0 Å². The molecule has 4 heteroatoms. The molecule has 4 nitrogen and oxygen atoms in total. The minimum absolute atomic E-state index is 0.334. The predicted octanol–water partition coefficient (Wildman–Crippen LogP) is 1.36. The van der Waals surface area contributed by atoms with E-state index in [4.69, 9.17) is 0 Å². The minimum Gasteiger partial charge on any atom is -0.396 e. The summed E-state index contributed by atoms with van der Waals surface area (Å²) < 4.78 is 0. The molecule has 0 radical (unpaired) electrons. The van der Waals surface area contributed by atoms with Crippen LogP contribution in [0.2, 0.25) is 0 Å². The van der Waals surface area contributed by atoms with Crippen molar-refractivity contribution < 1.29 is 5.11 Å². The van der Waals surface area contributed by atoms with Crippen LogP contribution in [0.15, 0.2) is 18.7 Å². The molecule has 1 aromatic heterocycles. The Balaban J connectivity index is 1.74. The van der Waals surface area contributed by atoms with Gasteiger partial charge in [0.05, 0.1) is 0 Å². The monoisotopic (exact) mass is 235 g/mol. The first-order valence-corrected chi connectivity index (χ1v) is 6.45. The van der Waals surface area contributed by atoms with Crippen LogP contribution in [-0.2, 0) is 6.54 Å². The Morgan fingerprint density at radius 2 is 1.88 bits per heavy atom. The second-order valence-electron chi connectivity index (χ2n) is 4.86. The molecule has 1 fully saturated rings. The Morgan fingerprint density at radius 3 is 2.59 bits per heavy atom. The SMILES string of the molecule is OCC1CCCCC1CNCc1cncnc1. The van der Waals surface area contributed by atoms with Crippen LogP contribution in [0.25, 0.3) is 0 Å². The van der Waals surface area contributed by atoms with Gasteiger partial charge in [-0.15, -0.1) is 0 Å². The van der Waals surface area contributed by atoms with Gasteiger partial charge in [-0.2, -0.15) is 0 Å². The van der Waals surface area contributed by atoms with E-state index in [1.54, 1.807) is 6.33 Å². The van der Waals surface area contributed by atoms with Gasteiger partial charge < -0.3 is 10.4 Å². The molecule has 0 aliphatic heterocycles. The van der Waals surface area contributed by atoms with Crippen molar-refractivity contribution >= 4 is 0 Å². The van der Waals surface area contributed by atoms with Gasteiger partial charge in [0.15, 0.2) is 0 Å². The molecule has 0 saturated heterocycles. The topological polar surface area (TPSA) is 58.0 Å². The molecule has 2 N–H and O–H groups in total. The van der Waals surface area contributed by atoms with Crippen molar-refractivity contribution in [2.75, 3.05) is 13.2 Å². The highest BCUT2D eigenvalue weighted by atomic mass is 16.3. The average Bonchev–Trinajstić information content (AvgIpc) is 2.40. The van der Waals surface area contributed by atoms with Crippen LogP contribution >= 0.6 is 0 Å². The van der Waals surface area contributed by atoms with Crippen molar-refractivity contribution in [2.45, 2.75) is 32.2 Å². The second-order valence-corrected chi connectivity index (χ2v) is 4.86. The van der Waals surface area contributed by atoms with Gasteiger partial charge in [-0.25, -0.2) is 9.97 Å². The molecule has 17 heavy (non-hydrogen) atoms. The van der Waals surface area contributed by atoms with Crippen molar-refractivity contribution in [1.82, 2.24) is 15.3 Å². The zero-order valence-corrected chi connectivity index (χ0v) is 10.2. The maximum Gasteiger partial charge on any atom is 0.115 e. The highest BCUT2D eigenvalue weighted by Gasteiger charge is 2.23. The number of hydrogen-bond donors (Lipinski definition) is 2. The summed E-state index contributed by atoms with van der Waals surface area (Å²) >= 11 is 0. The third-order valence-corrected chi connectivity index (χ3v) is 3.65. The van der Waals surface area contributed by atoms with Gasteiger partial charge in [0.1, 0.15) is 6.33 Å². The number of rotatable bonds is 5. The molecule has 0 spiro atoms. The highest BCUT2D eigenvalue weighted by molar-refractivity contribution is 5.01. The van der Waals surface area contributed by atoms with E-state index in [1.165, 1.54) is 25.7 Å². The first kappa shape index (κ1) is 12.5. The Labute approximate surface area is 102 Å². The van der Waals surface area contributed by atoms with E-state index in [1.807, 2.05) is 12.4 Å². The summed E-state index contributed by atoms with van der Waals surface area (Å²) in [6, 6.07) is 0. The Bertz CT molecular complexity index is 318. The molecule has 1 aromatic rings. The van der Waals surface area contributed by atoms with Crippen LogP contribution in [0.4, 0.5) is 0 Å². The van der Waals surface area contributed by atoms with Crippen LogP contribution in [0.3, 0.4) is 0 Å². The van der Waals surface area contributed by atoms with Crippen LogP contribution in [0.5, 0.6) is 0 Å². The van der Waals surface area contributed by atoms with E-state index in [2.05, 4.69) is 15.3 Å². The summed E-state index contributed by atoms with van der Waals surface area (Å²) in [5, 5.41) is 12.8. The molecular formula is C13H21N3O. The molecule has 0 bridgehead atoms. The first-order chi connectivity index (χ1) is 8.40. The van der Waals surface area contributed by atoms with Gasteiger partial charge in [0, 0.05) is 31.1 Å². The van der Waals surface area contributed by atoms with Crippen molar-refractivity contribution in [3.63, 3.8) is 0 Å². The maximum atomic E-state index is 9.33.